The van der Waals surface area contributed by atoms with Crippen molar-refractivity contribution >= 4 is 12.3 Å². The molecule has 1 aliphatic rings. The van der Waals surface area contributed by atoms with E-state index in [1.54, 1.807) is 11.0 Å². The number of hydrogen-bond acceptors (Lipinski definition) is 3. The highest BCUT2D eigenvalue weighted by Gasteiger charge is 2.26. The Morgan fingerprint density at radius 1 is 1.12 bits per heavy atom. The second-order valence-corrected chi connectivity index (χ2v) is 6.75. The Balaban J connectivity index is 1.84. The van der Waals surface area contributed by atoms with Gasteiger partial charge in [-0.15, -0.1) is 0 Å². The lowest BCUT2D eigenvalue weighted by Gasteiger charge is -2.33. The van der Waals surface area contributed by atoms with Gasteiger partial charge in [0.25, 0.3) is 0 Å². The zero-order valence-corrected chi connectivity index (χ0v) is 15.0. The molecule has 1 heterocycles. The van der Waals surface area contributed by atoms with Crippen LogP contribution < -0.4 is 0 Å². The van der Waals surface area contributed by atoms with Crippen LogP contribution in [-0.2, 0) is 9.59 Å². The summed E-state index contributed by atoms with van der Waals surface area (Å²) in [6, 6.07) is 15.3. The smallest absolute Gasteiger partial charge is 0.223 e. The van der Waals surface area contributed by atoms with Crippen LogP contribution in [0, 0.1) is 6.92 Å². The van der Waals surface area contributed by atoms with Crippen LogP contribution in [0.1, 0.15) is 29.0 Å². The van der Waals surface area contributed by atoms with E-state index < -0.39 is 0 Å². The van der Waals surface area contributed by atoms with Crippen LogP contribution in [0.15, 0.2) is 48.5 Å². The van der Waals surface area contributed by atoms with Crippen LogP contribution >= 0.6 is 0 Å². The monoisotopic (exact) mass is 352 g/mol. The molecule has 2 amide bonds. The lowest BCUT2D eigenvalue weighted by atomic mass is 9.86. The van der Waals surface area contributed by atoms with Crippen molar-refractivity contribution in [3.8, 4) is 5.75 Å². The summed E-state index contributed by atoms with van der Waals surface area (Å²) >= 11 is 0. The van der Waals surface area contributed by atoms with E-state index in [0.717, 1.165) is 23.1 Å². The van der Waals surface area contributed by atoms with E-state index in [1.807, 2.05) is 54.3 Å². The molecule has 1 unspecified atom stereocenters. The van der Waals surface area contributed by atoms with Gasteiger partial charge in [0.15, 0.2) is 0 Å². The van der Waals surface area contributed by atoms with Crippen molar-refractivity contribution < 1.29 is 14.7 Å². The molecule has 2 aromatic rings. The molecular weight excluding hydrogens is 328 g/mol. The fourth-order valence-corrected chi connectivity index (χ4v) is 3.43. The fourth-order valence-electron chi connectivity index (χ4n) is 3.43. The van der Waals surface area contributed by atoms with Gasteiger partial charge in [-0.3, -0.25) is 9.59 Å². The summed E-state index contributed by atoms with van der Waals surface area (Å²) in [6.07, 6.45) is 1.13. The van der Waals surface area contributed by atoms with Gasteiger partial charge in [-0.05, 0) is 18.6 Å². The summed E-state index contributed by atoms with van der Waals surface area (Å²) in [5.41, 5.74) is 2.83. The van der Waals surface area contributed by atoms with Gasteiger partial charge in [0, 0.05) is 44.1 Å². The van der Waals surface area contributed by atoms with E-state index >= 15 is 0 Å². The number of nitrogens with zero attached hydrogens (tertiary/aromatic N) is 2. The number of hydrogen-bond donors (Lipinski definition) is 1. The van der Waals surface area contributed by atoms with Crippen LogP contribution in [0.3, 0.4) is 0 Å². The van der Waals surface area contributed by atoms with Crippen LogP contribution in [0.2, 0.25) is 0 Å². The van der Waals surface area contributed by atoms with Crippen molar-refractivity contribution in [3.05, 3.63) is 65.2 Å². The maximum atomic E-state index is 12.9. The van der Waals surface area contributed by atoms with Gasteiger partial charge in [0.2, 0.25) is 12.3 Å². The number of carbonyl (C=O) groups is 2. The average molecular weight is 352 g/mol. The highest BCUT2D eigenvalue weighted by atomic mass is 16.3. The molecule has 1 atom stereocenters. The lowest BCUT2D eigenvalue weighted by Crippen LogP contribution is -2.48. The Labute approximate surface area is 153 Å². The molecule has 0 spiro atoms. The van der Waals surface area contributed by atoms with Gasteiger partial charge in [-0.2, -0.15) is 0 Å². The Morgan fingerprint density at radius 3 is 2.46 bits per heavy atom. The third-order valence-corrected chi connectivity index (χ3v) is 4.96. The van der Waals surface area contributed by atoms with Crippen molar-refractivity contribution in [2.45, 2.75) is 19.3 Å². The number of phenolic OH excluding ortho intramolecular Hbond substituents is 1. The molecule has 0 radical (unpaired) electrons. The van der Waals surface area contributed by atoms with E-state index in [0.29, 0.717) is 32.6 Å². The van der Waals surface area contributed by atoms with Crippen molar-refractivity contribution in [1.82, 2.24) is 9.80 Å². The predicted molar refractivity (Wildman–Crippen MR) is 100.0 cm³/mol. The first-order valence-electron chi connectivity index (χ1n) is 8.90. The molecule has 5 heteroatoms. The lowest BCUT2D eigenvalue weighted by molar-refractivity contribution is -0.135. The summed E-state index contributed by atoms with van der Waals surface area (Å²) in [5.74, 6) is 0.0565. The third-order valence-electron chi connectivity index (χ3n) is 4.96. The number of amides is 2. The largest absolute Gasteiger partial charge is 0.508 e. The second-order valence-electron chi connectivity index (χ2n) is 6.75. The molecule has 2 aromatic carbocycles. The van der Waals surface area contributed by atoms with Crippen molar-refractivity contribution in [2.24, 2.45) is 0 Å². The highest BCUT2D eigenvalue weighted by molar-refractivity contribution is 5.78. The summed E-state index contributed by atoms with van der Waals surface area (Å²) in [6.45, 7) is 4.23. The van der Waals surface area contributed by atoms with E-state index in [9.17, 15) is 14.7 Å². The average Bonchev–Trinajstić information content (AvgIpc) is 2.68. The van der Waals surface area contributed by atoms with Crippen molar-refractivity contribution in [3.63, 3.8) is 0 Å². The first-order chi connectivity index (χ1) is 12.6. The van der Waals surface area contributed by atoms with Gasteiger partial charge in [-0.25, -0.2) is 0 Å². The molecule has 26 heavy (non-hydrogen) atoms. The van der Waals surface area contributed by atoms with Gasteiger partial charge >= 0.3 is 0 Å². The molecule has 0 saturated carbocycles. The quantitative estimate of drug-likeness (QED) is 0.841. The van der Waals surface area contributed by atoms with Gasteiger partial charge in [0.1, 0.15) is 5.75 Å². The SMILES string of the molecule is Cc1ccc(O)c(C(CC(=O)N2CCN(C=O)CC2)c2ccccc2)c1. The van der Waals surface area contributed by atoms with E-state index in [-0.39, 0.29) is 17.6 Å². The van der Waals surface area contributed by atoms with Crippen molar-refractivity contribution in [2.75, 3.05) is 26.2 Å². The van der Waals surface area contributed by atoms with E-state index in [4.69, 9.17) is 0 Å². The number of benzene rings is 2. The summed E-state index contributed by atoms with van der Waals surface area (Å²) < 4.78 is 0. The molecule has 0 bridgehead atoms. The molecule has 1 saturated heterocycles. The van der Waals surface area contributed by atoms with Crippen molar-refractivity contribution in [1.29, 1.82) is 0 Å². The zero-order chi connectivity index (χ0) is 18.5. The minimum atomic E-state index is -0.201. The maximum Gasteiger partial charge on any atom is 0.223 e. The number of rotatable bonds is 5. The van der Waals surface area contributed by atoms with E-state index in [2.05, 4.69) is 0 Å². The second kappa shape index (κ2) is 8.04. The molecular formula is C21H24N2O3. The van der Waals surface area contributed by atoms with Crippen LogP contribution in [-0.4, -0.2) is 53.4 Å². The molecule has 5 nitrogen and oxygen atoms in total. The first kappa shape index (κ1) is 18.0. The minimum Gasteiger partial charge on any atom is -0.508 e. The zero-order valence-electron chi connectivity index (χ0n) is 15.0. The first-order valence-corrected chi connectivity index (χ1v) is 8.90. The topological polar surface area (TPSA) is 60.9 Å². The van der Waals surface area contributed by atoms with Gasteiger partial charge in [0.05, 0.1) is 0 Å². The molecule has 3 rings (SSSR count). The number of carbonyl (C=O) groups excluding carboxylic acids is 2. The Kier molecular flexibility index (Phi) is 5.56. The van der Waals surface area contributed by atoms with Gasteiger partial charge < -0.3 is 14.9 Å². The number of aryl methyl sites for hydroxylation is 1. The van der Waals surface area contributed by atoms with E-state index in [1.165, 1.54) is 0 Å². The molecule has 136 valence electrons. The maximum absolute atomic E-state index is 12.9. The summed E-state index contributed by atoms with van der Waals surface area (Å²) in [4.78, 5) is 27.2. The standard InChI is InChI=1S/C21H24N2O3/c1-16-7-8-20(25)19(13-16)18(17-5-3-2-4-6-17)14-21(26)23-11-9-22(15-24)10-12-23/h2-8,13,15,18,25H,9-12,14H2,1H3. The third kappa shape index (κ3) is 4.04. The predicted octanol–water partition coefficient (Wildman–Crippen LogP) is 2.52. The number of phenols is 1. The minimum absolute atomic E-state index is 0.0466. The number of aromatic hydroxyl groups is 1. The normalized spacial score (nSPS) is 15.6. The molecule has 0 aliphatic carbocycles. The summed E-state index contributed by atoms with van der Waals surface area (Å²) in [5, 5.41) is 10.4. The molecule has 1 N–H and O–H groups in total. The Morgan fingerprint density at radius 2 is 1.81 bits per heavy atom. The Hall–Kier alpha value is -2.82. The number of piperazine rings is 1. The van der Waals surface area contributed by atoms with Crippen LogP contribution in [0.4, 0.5) is 0 Å². The van der Waals surface area contributed by atoms with Gasteiger partial charge in [-0.1, -0.05) is 48.0 Å². The summed E-state index contributed by atoms with van der Waals surface area (Å²) in [7, 11) is 0. The molecule has 1 aliphatic heterocycles. The Bertz CT molecular complexity index is 768. The van der Waals surface area contributed by atoms with Crippen LogP contribution in [0.25, 0.3) is 0 Å². The fraction of sp³-hybridized carbons (Fsp3) is 0.333. The van der Waals surface area contributed by atoms with Crippen LogP contribution in [0.5, 0.6) is 5.75 Å². The molecule has 1 fully saturated rings. The molecule has 0 aromatic heterocycles. The highest BCUT2D eigenvalue weighted by Crippen LogP contribution is 2.35.